The zero-order valence-electron chi connectivity index (χ0n) is 37.5. The van der Waals surface area contributed by atoms with E-state index < -0.39 is 110 Å². The van der Waals surface area contributed by atoms with Crippen molar-refractivity contribution >= 4 is 35.8 Å². The van der Waals surface area contributed by atoms with Gasteiger partial charge in [-0.05, 0) is 72.8 Å². The molecule has 6 aromatic carbocycles. The van der Waals surface area contributed by atoms with Gasteiger partial charge >= 0.3 is 35.8 Å². The molecule has 2 aliphatic rings. The maximum absolute atomic E-state index is 14.1. The summed E-state index contributed by atoms with van der Waals surface area (Å²) in [4.78, 5) is 82.5. The number of carbonyl (C=O) groups is 6. The number of hydrogen-bond donors (Lipinski definition) is 2. The summed E-state index contributed by atoms with van der Waals surface area (Å²) >= 11 is 0. The Morgan fingerprint density at radius 1 is 0.352 bits per heavy atom. The fourth-order valence-corrected chi connectivity index (χ4v) is 7.70. The smallest absolute Gasteiger partial charge is 0.338 e. The lowest BCUT2D eigenvalue weighted by Crippen LogP contribution is -2.66. The molecule has 0 aliphatic carbocycles. The van der Waals surface area contributed by atoms with Crippen LogP contribution in [0.3, 0.4) is 0 Å². The number of carbonyl (C=O) groups excluding carboxylic acids is 6. The zero-order chi connectivity index (χ0) is 49.7. The van der Waals surface area contributed by atoms with Gasteiger partial charge in [0.15, 0.2) is 37.0 Å². The molecule has 0 unspecified atom stereocenters. The minimum atomic E-state index is -2.08. The molecule has 0 aromatic heterocycles. The topological polar surface area (TPSA) is 226 Å². The average molecular weight is 967 g/mol. The molecule has 2 heterocycles. The Morgan fingerprint density at radius 3 is 1.04 bits per heavy atom. The second-order valence-corrected chi connectivity index (χ2v) is 16.1. The van der Waals surface area contributed by atoms with Crippen LogP contribution >= 0.6 is 0 Å². The number of hydrogen-bond acceptors (Lipinski definition) is 17. The summed E-state index contributed by atoms with van der Waals surface area (Å²) in [6.07, 6.45) is -18.6. The van der Waals surface area contributed by atoms with Gasteiger partial charge in [-0.3, -0.25) is 0 Å². The molecular formula is C54H46O17. The summed E-state index contributed by atoms with van der Waals surface area (Å²) in [6, 6.07) is 46.5. The minimum absolute atomic E-state index is 0.0187. The van der Waals surface area contributed by atoms with E-state index in [2.05, 4.69) is 0 Å². The van der Waals surface area contributed by atoms with Gasteiger partial charge in [-0.25, -0.2) is 28.8 Å². The molecule has 2 fully saturated rings. The minimum Gasteiger partial charge on any atom is -0.459 e. The number of esters is 6. The SMILES string of the molecule is O=C(OC[C@H]1O[C@@H](O[C@H]2[C@H](OC(=O)c3ccccc3)[C@@H](OC(=O)c3ccccc3)[C@@H](O)O[C@@H]2COC(=O)c2ccccc2)[C@H](OC(=O)c2ccccc2)[C@@H](OC(=O)c2ccccc2)[C@H]1O)c1ccccc1. The molecule has 6 aromatic rings. The molecule has 0 spiro atoms. The Labute approximate surface area is 406 Å². The van der Waals surface area contributed by atoms with Gasteiger partial charge in [0.1, 0.15) is 37.6 Å². The van der Waals surface area contributed by atoms with E-state index in [4.69, 9.17) is 42.6 Å². The van der Waals surface area contributed by atoms with Crippen LogP contribution in [0.25, 0.3) is 0 Å². The molecule has 8 rings (SSSR count). The number of rotatable bonds is 16. The summed E-state index contributed by atoms with van der Waals surface area (Å²) in [5, 5.41) is 23.8. The van der Waals surface area contributed by atoms with Crippen LogP contribution in [0.5, 0.6) is 0 Å². The maximum atomic E-state index is 14.1. The van der Waals surface area contributed by atoms with E-state index in [-0.39, 0.29) is 33.4 Å². The van der Waals surface area contributed by atoms with E-state index in [1.54, 1.807) is 109 Å². The largest absolute Gasteiger partial charge is 0.459 e. The van der Waals surface area contributed by atoms with Crippen molar-refractivity contribution in [3.05, 3.63) is 215 Å². The highest BCUT2D eigenvalue weighted by atomic mass is 16.8. The van der Waals surface area contributed by atoms with E-state index >= 15 is 0 Å². The summed E-state index contributed by atoms with van der Waals surface area (Å²) in [6.45, 7) is -1.42. The number of benzene rings is 6. The molecule has 2 saturated heterocycles. The molecule has 17 nitrogen and oxygen atoms in total. The van der Waals surface area contributed by atoms with E-state index in [0.717, 1.165) is 0 Å². The molecule has 0 radical (unpaired) electrons. The van der Waals surface area contributed by atoms with E-state index in [1.807, 2.05) is 0 Å². The van der Waals surface area contributed by atoms with Crippen molar-refractivity contribution in [3.63, 3.8) is 0 Å². The normalized spacial score (nSPS) is 23.7. The van der Waals surface area contributed by atoms with Crippen LogP contribution in [-0.2, 0) is 42.6 Å². The highest BCUT2D eigenvalue weighted by Crippen LogP contribution is 2.35. The van der Waals surface area contributed by atoms with Gasteiger partial charge in [0, 0.05) is 0 Å². The predicted octanol–water partition coefficient (Wildman–Crippen LogP) is 5.79. The molecule has 364 valence electrons. The molecular weight excluding hydrogens is 921 g/mol. The fraction of sp³-hybridized carbons (Fsp3) is 0.222. The Kier molecular flexibility index (Phi) is 16.3. The van der Waals surface area contributed by atoms with Crippen LogP contribution in [0, 0.1) is 0 Å². The van der Waals surface area contributed by atoms with Crippen LogP contribution in [0.2, 0.25) is 0 Å². The van der Waals surface area contributed by atoms with Crippen LogP contribution in [0.4, 0.5) is 0 Å². The fourth-order valence-electron chi connectivity index (χ4n) is 7.70. The van der Waals surface area contributed by atoms with Crippen molar-refractivity contribution in [3.8, 4) is 0 Å². The first-order valence-corrected chi connectivity index (χ1v) is 22.3. The van der Waals surface area contributed by atoms with E-state index in [9.17, 15) is 39.0 Å². The third-order valence-corrected chi connectivity index (χ3v) is 11.3. The number of aliphatic hydroxyl groups excluding tert-OH is 2. The summed E-state index contributed by atoms with van der Waals surface area (Å²) in [5.41, 5.74) is 0.402. The van der Waals surface area contributed by atoms with Crippen LogP contribution in [0.15, 0.2) is 182 Å². The molecule has 0 amide bonds. The molecule has 17 heteroatoms. The highest BCUT2D eigenvalue weighted by Gasteiger charge is 2.57. The monoisotopic (exact) mass is 966 g/mol. The quantitative estimate of drug-likeness (QED) is 0.0864. The lowest BCUT2D eigenvalue weighted by Gasteiger charge is -2.47. The first kappa shape index (κ1) is 49.4. The molecule has 2 aliphatic heterocycles. The van der Waals surface area contributed by atoms with Crippen LogP contribution < -0.4 is 0 Å². The third-order valence-electron chi connectivity index (χ3n) is 11.3. The lowest BCUT2D eigenvalue weighted by atomic mass is 9.96. The summed E-state index contributed by atoms with van der Waals surface area (Å²) in [7, 11) is 0. The van der Waals surface area contributed by atoms with Gasteiger partial charge in [0.2, 0.25) is 0 Å². The van der Waals surface area contributed by atoms with E-state index in [0.29, 0.717) is 0 Å². The van der Waals surface area contributed by atoms with Crippen molar-refractivity contribution < 1.29 is 81.6 Å². The second-order valence-electron chi connectivity index (χ2n) is 16.1. The van der Waals surface area contributed by atoms with Crippen molar-refractivity contribution in [1.29, 1.82) is 0 Å². The van der Waals surface area contributed by atoms with Gasteiger partial charge in [0.25, 0.3) is 0 Å². The van der Waals surface area contributed by atoms with E-state index in [1.165, 1.54) is 72.8 Å². The number of ether oxygens (including phenoxy) is 9. The standard InChI is InChI=1S/C54H46O17/c55-41-39(31-63-47(56)33-19-7-1-8-20-33)66-54(46(70-52(61)38-29-17-6-18-30-38)43(41)67-49(58)35-23-11-3-12-24-35)71-42-40(32-64-48(57)34-21-9-2-10-22-34)65-53(62)45(69-51(60)37-27-15-5-16-28-37)44(42)68-50(59)36-25-13-4-14-26-36/h1-30,39-46,53-55,62H,31-32H2/t39-,40-,41+,42-,43+,44+,45-,46-,53+,54+/m1/s1. The lowest BCUT2D eigenvalue weighted by molar-refractivity contribution is -0.352. The average Bonchev–Trinajstić information content (AvgIpc) is 3.42. The Balaban J connectivity index is 1.22. The zero-order valence-corrected chi connectivity index (χ0v) is 37.5. The third kappa shape index (κ3) is 12.4. The van der Waals surface area contributed by atoms with Gasteiger partial charge in [-0.1, -0.05) is 109 Å². The van der Waals surface area contributed by atoms with Gasteiger partial charge < -0.3 is 52.8 Å². The van der Waals surface area contributed by atoms with Crippen LogP contribution in [-0.4, -0.2) is 121 Å². The highest BCUT2D eigenvalue weighted by molar-refractivity contribution is 5.92. The Morgan fingerprint density at radius 2 is 0.662 bits per heavy atom. The van der Waals surface area contributed by atoms with Crippen molar-refractivity contribution in [2.45, 2.75) is 61.4 Å². The van der Waals surface area contributed by atoms with Crippen molar-refractivity contribution in [2.24, 2.45) is 0 Å². The summed E-state index contributed by atoms with van der Waals surface area (Å²) < 4.78 is 54.3. The number of aliphatic hydroxyl groups is 2. The molecule has 0 saturated carbocycles. The molecule has 0 bridgehead atoms. The molecule has 71 heavy (non-hydrogen) atoms. The molecule has 2 N–H and O–H groups in total. The Bertz CT molecular complexity index is 2730. The summed E-state index contributed by atoms with van der Waals surface area (Å²) in [5.74, 6) is -5.61. The Hall–Kier alpha value is -8.06. The second kappa shape index (κ2) is 23.5. The van der Waals surface area contributed by atoms with Crippen LogP contribution in [0.1, 0.15) is 62.1 Å². The van der Waals surface area contributed by atoms with Crippen molar-refractivity contribution in [2.75, 3.05) is 13.2 Å². The van der Waals surface area contributed by atoms with Crippen molar-refractivity contribution in [1.82, 2.24) is 0 Å². The molecule has 10 atom stereocenters. The first-order valence-electron chi connectivity index (χ1n) is 22.3. The van der Waals surface area contributed by atoms with Gasteiger partial charge in [-0.2, -0.15) is 0 Å². The van der Waals surface area contributed by atoms with Gasteiger partial charge in [0.05, 0.1) is 33.4 Å². The predicted molar refractivity (Wildman–Crippen MR) is 246 cm³/mol. The maximum Gasteiger partial charge on any atom is 0.338 e. The first-order chi connectivity index (χ1) is 34.5. The van der Waals surface area contributed by atoms with Gasteiger partial charge in [-0.15, -0.1) is 0 Å².